The number of rotatable bonds is 3. The molecule has 2 aliphatic rings. The van der Waals surface area contributed by atoms with Gasteiger partial charge in [0.2, 0.25) is 0 Å². The SMILES string of the molecule is O=[N+]([O-])c1cc(F)c(OC2CC3CC3C2)c(F)c1. The molecule has 2 saturated carbocycles. The molecule has 0 N–H and O–H groups in total. The van der Waals surface area contributed by atoms with E-state index in [2.05, 4.69) is 0 Å². The Morgan fingerprint density at radius 1 is 1.17 bits per heavy atom. The third-order valence-corrected chi connectivity index (χ3v) is 3.68. The number of nitrogens with zero attached hydrogens (tertiary/aromatic N) is 1. The zero-order chi connectivity index (χ0) is 12.9. The van der Waals surface area contributed by atoms with Crippen LogP contribution in [0.4, 0.5) is 14.5 Å². The van der Waals surface area contributed by atoms with Crippen molar-refractivity contribution in [1.82, 2.24) is 0 Å². The van der Waals surface area contributed by atoms with Crippen LogP contribution in [-0.4, -0.2) is 11.0 Å². The van der Waals surface area contributed by atoms with Crippen molar-refractivity contribution < 1.29 is 18.4 Å². The molecule has 96 valence electrons. The van der Waals surface area contributed by atoms with Gasteiger partial charge >= 0.3 is 0 Å². The molecule has 0 aromatic heterocycles. The Morgan fingerprint density at radius 2 is 1.72 bits per heavy atom. The number of ether oxygens (including phenoxy) is 1. The maximum atomic E-state index is 13.6. The highest BCUT2D eigenvalue weighted by molar-refractivity contribution is 5.39. The zero-order valence-electron chi connectivity index (χ0n) is 9.44. The zero-order valence-corrected chi connectivity index (χ0v) is 9.44. The number of benzene rings is 1. The highest BCUT2D eigenvalue weighted by Crippen LogP contribution is 2.52. The molecule has 2 unspecified atom stereocenters. The largest absolute Gasteiger partial charge is 0.484 e. The molecule has 0 saturated heterocycles. The summed E-state index contributed by atoms with van der Waals surface area (Å²) in [5.74, 6) is -1.24. The predicted molar refractivity (Wildman–Crippen MR) is 58.3 cm³/mol. The molecule has 1 aromatic carbocycles. The predicted octanol–water partition coefficient (Wildman–Crippen LogP) is 3.05. The summed E-state index contributed by atoms with van der Waals surface area (Å²) >= 11 is 0. The number of hydrogen-bond donors (Lipinski definition) is 0. The lowest BCUT2D eigenvalue weighted by atomic mass is 10.2. The van der Waals surface area contributed by atoms with Crippen LogP contribution in [-0.2, 0) is 0 Å². The molecule has 0 heterocycles. The summed E-state index contributed by atoms with van der Waals surface area (Å²) in [6.07, 6.45) is 2.66. The number of nitro groups is 1. The van der Waals surface area contributed by atoms with E-state index >= 15 is 0 Å². The molecule has 2 aliphatic carbocycles. The van der Waals surface area contributed by atoms with Crippen molar-refractivity contribution in [1.29, 1.82) is 0 Å². The topological polar surface area (TPSA) is 52.4 Å². The van der Waals surface area contributed by atoms with Crippen molar-refractivity contribution >= 4 is 5.69 Å². The van der Waals surface area contributed by atoms with Crippen molar-refractivity contribution in [2.75, 3.05) is 0 Å². The maximum absolute atomic E-state index is 13.6. The molecule has 0 bridgehead atoms. The first-order valence-electron chi connectivity index (χ1n) is 5.84. The van der Waals surface area contributed by atoms with Crippen LogP contribution in [0, 0.1) is 33.6 Å². The van der Waals surface area contributed by atoms with Crippen LogP contribution in [0.1, 0.15) is 19.3 Å². The van der Waals surface area contributed by atoms with Crippen molar-refractivity contribution in [3.8, 4) is 5.75 Å². The van der Waals surface area contributed by atoms with Crippen molar-refractivity contribution in [3.63, 3.8) is 0 Å². The van der Waals surface area contributed by atoms with Crippen LogP contribution in [0.3, 0.4) is 0 Å². The van der Waals surface area contributed by atoms with Gasteiger partial charge in [-0.2, -0.15) is 0 Å². The van der Waals surface area contributed by atoms with Gasteiger partial charge in [-0.15, -0.1) is 0 Å². The highest BCUT2D eigenvalue weighted by atomic mass is 19.1. The van der Waals surface area contributed by atoms with Crippen LogP contribution in [0.25, 0.3) is 0 Å². The molecule has 0 aliphatic heterocycles. The summed E-state index contributed by atoms with van der Waals surface area (Å²) in [6.45, 7) is 0. The first kappa shape index (κ1) is 11.4. The number of fused-ring (bicyclic) bond motifs is 1. The quantitative estimate of drug-likeness (QED) is 0.616. The third-order valence-electron chi connectivity index (χ3n) is 3.68. The summed E-state index contributed by atoms with van der Waals surface area (Å²) in [6, 6.07) is 1.38. The van der Waals surface area contributed by atoms with E-state index in [0.29, 0.717) is 24.0 Å². The minimum absolute atomic E-state index is 0.167. The number of hydrogen-bond acceptors (Lipinski definition) is 3. The van der Waals surface area contributed by atoms with E-state index in [9.17, 15) is 18.9 Å². The second-order valence-electron chi connectivity index (χ2n) is 4.96. The van der Waals surface area contributed by atoms with Crippen molar-refractivity contribution in [2.45, 2.75) is 25.4 Å². The fraction of sp³-hybridized carbons (Fsp3) is 0.500. The Balaban J connectivity index is 1.80. The standard InChI is InChI=1S/C12H11F2NO3/c13-10-4-8(15(16)17)5-11(14)12(10)18-9-2-6-1-7(6)3-9/h4-7,9H,1-3H2. The van der Waals surface area contributed by atoms with Crippen LogP contribution < -0.4 is 4.74 Å². The maximum Gasteiger partial charge on any atom is 0.275 e. The van der Waals surface area contributed by atoms with Crippen LogP contribution in [0.5, 0.6) is 5.75 Å². The first-order valence-corrected chi connectivity index (χ1v) is 5.84. The molecule has 0 spiro atoms. The summed E-state index contributed by atoms with van der Waals surface area (Å²) < 4.78 is 32.4. The van der Waals surface area contributed by atoms with E-state index in [0.717, 1.165) is 12.8 Å². The average molecular weight is 255 g/mol. The Labute approximate surface area is 102 Å². The summed E-state index contributed by atoms with van der Waals surface area (Å²) in [5, 5.41) is 10.4. The van der Waals surface area contributed by atoms with Gasteiger partial charge in [-0.25, -0.2) is 8.78 Å². The molecule has 4 nitrogen and oxygen atoms in total. The van der Waals surface area contributed by atoms with Crippen molar-refractivity contribution in [2.24, 2.45) is 11.8 Å². The summed E-state index contributed by atoms with van der Waals surface area (Å²) in [4.78, 5) is 9.61. The van der Waals surface area contributed by atoms with Gasteiger partial charge in [0.1, 0.15) is 0 Å². The lowest BCUT2D eigenvalue weighted by molar-refractivity contribution is -0.385. The van der Waals surface area contributed by atoms with Gasteiger partial charge in [-0.3, -0.25) is 10.1 Å². The van der Waals surface area contributed by atoms with Crippen LogP contribution >= 0.6 is 0 Å². The lowest BCUT2D eigenvalue weighted by Gasteiger charge is -2.15. The van der Waals surface area contributed by atoms with E-state index < -0.39 is 28.0 Å². The summed E-state index contributed by atoms with van der Waals surface area (Å²) in [7, 11) is 0. The molecule has 3 rings (SSSR count). The smallest absolute Gasteiger partial charge is 0.275 e. The fourth-order valence-electron chi connectivity index (χ4n) is 2.69. The van der Waals surface area contributed by atoms with Gasteiger partial charge in [0.25, 0.3) is 5.69 Å². The Kier molecular flexibility index (Phi) is 2.46. The average Bonchev–Trinajstić information content (AvgIpc) is 2.91. The van der Waals surface area contributed by atoms with E-state index in [4.69, 9.17) is 4.74 Å². The highest BCUT2D eigenvalue weighted by Gasteiger charge is 2.47. The van der Waals surface area contributed by atoms with E-state index in [-0.39, 0.29) is 6.10 Å². The van der Waals surface area contributed by atoms with Gasteiger partial charge in [-0.1, -0.05) is 0 Å². The molecule has 2 fully saturated rings. The lowest BCUT2D eigenvalue weighted by Crippen LogP contribution is -2.15. The number of nitro benzene ring substituents is 1. The molecule has 18 heavy (non-hydrogen) atoms. The Morgan fingerprint density at radius 3 is 2.22 bits per heavy atom. The first-order chi connectivity index (χ1) is 8.54. The summed E-state index contributed by atoms with van der Waals surface area (Å²) in [5.41, 5.74) is -0.605. The molecule has 2 atom stereocenters. The third kappa shape index (κ3) is 1.91. The van der Waals surface area contributed by atoms with E-state index in [1.165, 1.54) is 6.42 Å². The number of non-ortho nitro benzene ring substituents is 1. The minimum Gasteiger partial charge on any atom is -0.484 e. The van der Waals surface area contributed by atoms with Gasteiger partial charge in [0.15, 0.2) is 17.4 Å². The molecular weight excluding hydrogens is 244 g/mol. The molecule has 0 radical (unpaired) electrons. The molecule has 1 aromatic rings. The van der Waals surface area contributed by atoms with Crippen molar-refractivity contribution in [3.05, 3.63) is 33.9 Å². The van der Waals surface area contributed by atoms with Gasteiger partial charge in [-0.05, 0) is 31.1 Å². The normalized spacial score (nSPS) is 28.9. The molecular formula is C12H11F2NO3. The van der Waals surface area contributed by atoms with Crippen LogP contribution in [0.2, 0.25) is 0 Å². The van der Waals surface area contributed by atoms with Gasteiger partial charge < -0.3 is 4.74 Å². The van der Waals surface area contributed by atoms with E-state index in [1.807, 2.05) is 0 Å². The van der Waals surface area contributed by atoms with E-state index in [1.54, 1.807) is 0 Å². The van der Waals surface area contributed by atoms with Crippen LogP contribution in [0.15, 0.2) is 12.1 Å². The molecule has 6 heteroatoms. The fourth-order valence-corrected chi connectivity index (χ4v) is 2.69. The Bertz CT molecular complexity index is 487. The Hall–Kier alpha value is -1.72. The number of halogens is 2. The second kappa shape index (κ2) is 3.90. The second-order valence-corrected chi connectivity index (χ2v) is 4.96. The minimum atomic E-state index is -1.01. The van der Waals surface area contributed by atoms with Gasteiger partial charge in [0, 0.05) is 0 Å². The molecule has 0 amide bonds. The van der Waals surface area contributed by atoms with Gasteiger partial charge in [0.05, 0.1) is 23.2 Å². The monoisotopic (exact) mass is 255 g/mol.